The van der Waals surface area contributed by atoms with Gasteiger partial charge in [-0.3, -0.25) is 0 Å². The van der Waals surface area contributed by atoms with Crippen molar-refractivity contribution in [3.63, 3.8) is 0 Å². The van der Waals surface area contributed by atoms with Crippen LogP contribution in [0, 0.1) is 11.8 Å². The predicted octanol–water partition coefficient (Wildman–Crippen LogP) is 5.29. The Morgan fingerprint density at radius 3 is 2.32 bits per heavy atom. The maximum Gasteiger partial charge on any atom is 0.344 e. The molecule has 4 fully saturated rings. The van der Waals surface area contributed by atoms with Crippen molar-refractivity contribution in [2.24, 2.45) is 17.0 Å². The summed E-state index contributed by atoms with van der Waals surface area (Å²) in [6.07, 6.45) is 18.3. The standard InChI is InChI=1S/C18H22N4O3.C9H16/c23-18(24)11-25-19-10-17-21-15-6-1-2-7-16(15)22(17)14-8-12-4-3-5-13(9-14)20-12;1-3-8-5-2-6-9(4-1)7-8/h1-2,6-7,10,12-14,20H,3-5,8-9,11H2,(H,23,24);8-9H,1-7H2/b19-10+;. The highest BCUT2D eigenvalue weighted by molar-refractivity contribution is 5.85. The summed E-state index contributed by atoms with van der Waals surface area (Å²) in [4.78, 5) is 20.0. The highest BCUT2D eigenvalue weighted by atomic mass is 16.6. The van der Waals surface area contributed by atoms with E-state index < -0.39 is 12.6 Å². The Morgan fingerprint density at radius 1 is 1.03 bits per heavy atom. The van der Waals surface area contributed by atoms with Crippen LogP contribution in [-0.4, -0.2) is 45.5 Å². The van der Waals surface area contributed by atoms with Gasteiger partial charge in [0.15, 0.2) is 5.82 Å². The van der Waals surface area contributed by atoms with Crippen molar-refractivity contribution >= 4 is 23.2 Å². The minimum atomic E-state index is -1.04. The van der Waals surface area contributed by atoms with E-state index in [0.717, 1.165) is 41.5 Å². The van der Waals surface area contributed by atoms with E-state index in [-0.39, 0.29) is 0 Å². The summed E-state index contributed by atoms with van der Waals surface area (Å²) in [6.45, 7) is -0.450. The van der Waals surface area contributed by atoms with E-state index >= 15 is 0 Å². The monoisotopic (exact) mass is 466 g/mol. The molecule has 2 atom stereocenters. The Kier molecular flexibility index (Phi) is 7.48. The Balaban J connectivity index is 0.000000222. The van der Waals surface area contributed by atoms with Crippen LogP contribution in [0.5, 0.6) is 0 Å². The van der Waals surface area contributed by atoms with Gasteiger partial charge >= 0.3 is 5.97 Å². The first kappa shape index (κ1) is 23.3. The average Bonchev–Trinajstić information content (AvgIpc) is 3.20. The summed E-state index contributed by atoms with van der Waals surface area (Å²) in [5.41, 5.74) is 2.01. The molecule has 2 saturated heterocycles. The van der Waals surface area contributed by atoms with Crippen molar-refractivity contribution < 1.29 is 14.7 Å². The van der Waals surface area contributed by atoms with Gasteiger partial charge in [-0.2, -0.15) is 0 Å². The molecule has 2 aliphatic carbocycles. The molecule has 2 N–H and O–H groups in total. The molecule has 2 aliphatic heterocycles. The normalized spacial score (nSPS) is 30.5. The number of nitrogens with zero attached hydrogens (tertiary/aromatic N) is 3. The largest absolute Gasteiger partial charge is 0.479 e. The molecule has 4 aliphatic rings. The third-order valence-electron chi connectivity index (χ3n) is 8.22. The zero-order valence-corrected chi connectivity index (χ0v) is 20.1. The lowest BCUT2D eigenvalue weighted by Crippen LogP contribution is -2.49. The third-order valence-corrected chi connectivity index (χ3v) is 8.22. The topological polar surface area (TPSA) is 88.7 Å². The molecular weight excluding hydrogens is 428 g/mol. The van der Waals surface area contributed by atoms with E-state index in [1.54, 1.807) is 32.1 Å². The zero-order valence-electron chi connectivity index (χ0n) is 20.1. The maximum atomic E-state index is 10.6. The molecule has 34 heavy (non-hydrogen) atoms. The number of carboxylic acid groups (broad SMARTS) is 1. The molecule has 0 amide bonds. The van der Waals surface area contributed by atoms with Crippen LogP contribution in [0.4, 0.5) is 0 Å². The first-order valence-corrected chi connectivity index (χ1v) is 13.3. The molecule has 2 saturated carbocycles. The molecule has 4 bridgehead atoms. The molecule has 2 aromatic rings. The van der Waals surface area contributed by atoms with E-state index in [1.165, 1.54) is 38.3 Å². The Hall–Kier alpha value is -2.41. The molecule has 7 heteroatoms. The summed E-state index contributed by atoms with van der Waals surface area (Å²) >= 11 is 0. The lowest BCUT2D eigenvalue weighted by Gasteiger charge is -2.41. The predicted molar refractivity (Wildman–Crippen MR) is 133 cm³/mol. The van der Waals surface area contributed by atoms with Gasteiger partial charge in [0.25, 0.3) is 0 Å². The van der Waals surface area contributed by atoms with Gasteiger partial charge in [-0.1, -0.05) is 62.2 Å². The molecule has 2 unspecified atom stereocenters. The number of fused-ring (bicyclic) bond motifs is 5. The van der Waals surface area contributed by atoms with Crippen molar-refractivity contribution in [3.8, 4) is 0 Å². The molecule has 1 aromatic heterocycles. The summed E-state index contributed by atoms with van der Waals surface area (Å²) < 4.78 is 2.25. The van der Waals surface area contributed by atoms with E-state index in [2.05, 4.69) is 26.1 Å². The van der Waals surface area contributed by atoms with Crippen molar-refractivity contribution in [3.05, 3.63) is 30.1 Å². The first-order valence-electron chi connectivity index (χ1n) is 13.3. The molecule has 184 valence electrons. The fourth-order valence-electron chi connectivity index (χ4n) is 6.78. The summed E-state index contributed by atoms with van der Waals surface area (Å²) in [5, 5.41) is 16.2. The van der Waals surface area contributed by atoms with Crippen LogP contribution >= 0.6 is 0 Å². The van der Waals surface area contributed by atoms with Crippen molar-refractivity contribution in [1.29, 1.82) is 0 Å². The van der Waals surface area contributed by atoms with Gasteiger partial charge in [0.2, 0.25) is 6.61 Å². The number of aromatic nitrogens is 2. The van der Waals surface area contributed by atoms with Crippen LogP contribution in [0.3, 0.4) is 0 Å². The number of imidazole rings is 1. The molecule has 1 aromatic carbocycles. The highest BCUT2D eigenvalue weighted by Crippen LogP contribution is 2.39. The number of carboxylic acids is 1. The number of aliphatic carboxylic acids is 1. The second kappa shape index (κ2) is 10.9. The number of carbonyl (C=O) groups is 1. The van der Waals surface area contributed by atoms with Crippen LogP contribution in [0.15, 0.2) is 29.4 Å². The maximum absolute atomic E-state index is 10.6. The third kappa shape index (κ3) is 5.62. The van der Waals surface area contributed by atoms with E-state index in [0.29, 0.717) is 18.1 Å². The van der Waals surface area contributed by atoms with Gasteiger partial charge in [-0.15, -0.1) is 0 Å². The SMILES string of the molecule is C1CC2CCCC(C1)C2.O=C(O)CO/N=C/c1nc2ccccc2n1C1CC2CCCC(C1)N2. The van der Waals surface area contributed by atoms with Gasteiger partial charge in [0.05, 0.1) is 11.0 Å². The number of hydrogen-bond donors (Lipinski definition) is 2. The van der Waals surface area contributed by atoms with Gasteiger partial charge in [-0.25, -0.2) is 9.78 Å². The lowest BCUT2D eigenvalue weighted by atomic mass is 9.72. The van der Waals surface area contributed by atoms with Crippen LogP contribution in [0.25, 0.3) is 11.0 Å². The Bertz CT molecular complexity index is 971. The molecule has 6 rings (SSSR count). The minimum Gasteiger partial charge on any atom is -0.479 e. The van der Waals surface area contributed by atoms with Crippen LogP contribution in [-0.2, 0) is 9.63 Å². The van der Waals surface area contributed by atoms with E-state index in [1.807, 2.05) is 18.2 Å². The van der Waals surface area contributed by atoms with Crippen LogP contribution < -0.4 is 5.32 Å². The van der Waals surface area contributed by atoms with Crippen LogP contribution in [0.2, 0.25) is 0 Å². The zero-order chi connectivity index (χ0) is 23.3. The minimum absolute atomic E-state index is 0.366. The Morgan fingerprint density at radius 2 is 1.68 bits per heavy atom. The van der Waals surface area contributed by atoms with Gasteiger partial charge in [-0.05, 0) is 56.1 Å². The van der Waals surface area contributed by atoms with E-state index in [4.69, 9.17) is 9.94 Å². The molecule has 7 nitrogen and oxygen atoms in total. The lowest BCUT2D eigenvalue weighted by molar-refractivity contribution is -0.142. The number of hydrogen-bond acceptors (Lipinski definition) is 5. The van der Waals surface area contributed by atoms with Crippen molar-refractivity contribution in [2.45, 2.75) is 95.2 Å². The van der Waals surface area contributed by atoms with Gasteiger partial charge in [0.1, 0.15) is 6.21 Å². The quantitative estimate of drug-likeness (QED) is 0.461. The van der Waals surface area contributed by atoms with Crippen LogP contribution in [0.1, 0.15) is 88.9 Å². The second-order valence-electron chi connectivity index (χ2n) is 10.7. The summed E-state index contributed by atoms with van der Waals surface area (Å²) in [7, 11) is 0. The van der Waals surface area contributed by atoms with E-state index in [9.17, 15) is 4.79 Å². The molecule has 0 spiro atoms. The molecule has 0 radical (unpaired) electrons. The van der Waals surface area contributed by atoms with Gasteiger partial charge < -0.3 is 19.8 Å². The smallest absolute Gasteiger partial charge is 0.344 e. The second-order valence-corrected chi connectivity index (χ2v) is 10.7. The summed E-state index contributed by atoms with van der Waals surface area (Å²) in [5.74, 6) is 1.98. The molecule has 3 heterocycles. The molecular formula is C27H38N4O3. The number of benzene rings is 1. The van der Waals surface area contributed by atoms with Gasteiger partial charge in [0, 0.05) is 18.1 Å². The number of rotatable bonds is 5. The summed E-state index contributed by atoms with van der Waals surface area (Å²) in [6, 6.07) is 9.55. The number of oxime groups is 1. The fraction of sp³-hybridized carbons (Fsp3) is 0.667. The highest BCUT2D eigenvalue weighted by Gasteiger charge is 2.33. The Labute approximate surface area is 202 Å². The number of para-hydroxylation sites is 2. The van der Waals surface area contributed by atoms with Crippen molar-refractivity contribution in [2.75, 3.05) is 6.61 Å². The number of nitrogens with one attached hydrogen (secondary N) is 1. The van der Waals surface area contributed by atoms with Crippen molar-refractivity contribution in [1.82, 2.24) is 14.9 Å². The average molecular weight is 467 g/mol. The fourth-order valence-corrected chi connectivity index (χ4v) is 6.78. The first-order chi connectivity index (χ1) is 16.7. The number of piperidine rings is 2.